The molecule has 0 atom stereocenters. The normalized spacial score (nSPS) is 12.1. The topological polar surface area (TPSA) is 56.7 Å². The first kappa shape index (κ1) is 35.6. The van der Waals surface area contributed by atoms with E-state index in [2.05, 4.69) is 187 Å². The van der Waals surface area contributed by atoms with Crippen LogP contribution >= 0.6 is 22.7 Å². The first-order valence-electron chi connectivity index (χ1n) is 21.3. The van der Waals surface area contributed by atoms with Crippen LogP contribution in [0.15, 0.2) is 199 Å². The van der Waals surface area contributed by atoms with Crippen LogP contribution in [0.5, 0.6) is 0 Å². The zero-order chi connectivity index (χ0) is 41.9. The number of nitrogens with zero attached hydrogens (tertiary/aromatic N) is 4. The lowest BCUT2D eigenvalue weighted by atomic mass is 9.98. The number of fused-ring (bicyclic) bond motifs is 12. The lowest BCUT2D eigenvalue weighted by Gasteiger charge is -2.12. The van der Waals surface area contributed by atoms with Gasteiger partial charge in [-0.05, 0) is 66.2 Å². The third-order valence-electron chi connectivity index (χ3n) is 12.7. The fraction of sp³-hybridized carbons (Fsp3) is 0. The number of furan rings is 1. The molecule has 0 N–H and O–H groups in total. The highest BCUT2D eigenvalue weighted by atomic mass is 32.1. The van der Waals surface area contributed by atoms with Crippen molar-refractivity contribution in [3.63, 3.8) is 0 Å². The summed E-state index contributed by atoms with van der Waals surface area (Å²) in [6.45, 7) is 0. The molecule has 0 unspecified atom stereocenters. The van der Waals surface area contributed by atoms with Gasteiger partial charge in [0.15, 0.2) is 17.5 Å². The number of hydrogen-bond donors (Lipinski definition) is 0. The molecule has 5 heterocycles. The van der Waals surface area contributed by atoms with Gasteiger partial charge in [0.1, 0.15) is 11.2 Å². The summed E-state index contributed by atoms with van der Waals surface area (Å²) in [5, 5.41) is 9.40. The number of hydrogen-bond acceptors (Lipinski definition) is 6. The van der Waals surface area contributed by atoms with Gasteiger partial charge in [0.05, 0.1) is 11.0 Å². The molecule has 0 aliphatic rings. The Kier molecular flexibility index (Phi) is 7.66. The fourth-order valence-corrected chi connectivity index (χ4v) is 12.1. The van der Waals surface area contributed by atoms with E-state index >= 15 is 0 Å². The molecule has 14 rings (SSSR count). The van der Waals surface area contributed by atoms with Crippen molar-refractivity contribution in [2.45, 2.75) is 0 Å². The first-order valence-corrected chi connectivity index (χ1v) is 23.0. The summed E-state index contributed by atoms with van der Waals surface area (Å²) >= 11 is 3.59. The molecule has 64 heavy (non-hydrogen) atoms. The van der Waals surface area contributed by atoms with E-state index in [1.165, 1.54) is 62.2 Å². The number of rotatable bonds is 5. The zero-order valence-corrected chi connectivity index (χ0v) is 35.6. The zero-order valence-electron chi connectivity index (χ0n) is 34.0. The summed E-state index contributed by atoms with van der Waals surface area (Å²) in [5.74, 6) is 1.85. The van der Waals surface area contributed by atoms with Crippen molar-refractivity contribution in [2.24, 2.45) is 0 Å². The van der Waals surface area contributed by atoms with Gasteiger partial charge < -0.3 is 8.98 Å². The van der Waals surface area contributed by atoms with Crippen LogP contribution in [0.2, 0.25) is 0 Å². The van der Waals surface area contributed by atoms with Crippen molar-refractivity contribution in [1.82, 2.24) is 19.5 Å². The number of aromatic nitrogens is 4. The molecule has 0 radical (unpaired) electrons. The largest absolute Gasteiger partial charge is 0.456 e. The predicted octanol–water partition coefficient (Wildman–Crippen LogP) is 16.3. The molecule has 0 aliphatic heterocycles. The van der Waals surface area contributed by atoms with E-state index in [1.54, 1.807) is 22.7 Å². The molecule has 7 heteroatoms. The summed E-state index contributed by atoms with van der Waals surface area (Å²) in [6, 6.07) is 69.1. The van der Waals surface area contributed by atoms with Crippen molar-refractivity contribution in [3.05, 3.63) is 194 Å². The van der Waals surface area contributed by atoms with Crippen LogP contribution in [0.3, 0.4) is 0 Å². The smallest absolute Gasteiger partial charge is 0.164 e. The van der Waals surface area contributed by atoms with Crippen LogP contribution in [-0.4, -0.2) is 19.5 Å². The van der Waals surface area contributed by atoms with Gasteiger partial charge in [-0.2, -0.15) is 0 Å². The van der Waals surface area contributed by atoms with E-state index in [0.29, 0.717) is 17.5 Å². The van der Waals surface area contributed by atoms with Gasteiger partial charge in [0, 0.05) is 89.8 Å². The van der Waals surface area contributed by atoms with Gasteiger partial charge in [-0.25, -0.2) is 15.0 Å². The van der Waals surface area contributed by atoms with Crippen molar-refractivity contribution in [3.8, 4) is 51.0 Å². The quantitative estimate of drug-likeness (QED) is 0.173. The Morgan fingerprint density at radius 3 is 1.64 bits per heavy atom. The van der Waals surface area contributed by atoms with E-state index in [1.807, 2.05) is 12.1 Å². The van der Waals surface area contributed by atoms with Gasteiger partial charge in [-0.15, -0.1) is 22.7 Å². The first-order chi connectivity index (χ1) is 31.7. The standard InChI is InChI=1S/C57H32N4OS2/c1-2-12-36(13-3-1)61-46-20-7-4-14-38(46)43-18-10-17-37(54(43)61)33-26-29-47-45(30-33)53-44(19-11-21-48(53)62-47)57-59-55(34-24-27-41-39-15-5-8-22-49(39)63-51(41)31-34)58-56(60-57)35-25-28-42-40-16-6-9-23-50(40)64-52(42)32-35/h1-32H. The number of thiophene rings is 2. The van der Waals surface area contributed by atoms with Gasteiger partial charge in [0.25, 0.3) is 0 Å². The molecule has 0 saturated carbocycles. The monoisotopic (exact) mass is 852 g/mol. The van der Waals surface area contributed by atoms with E-state index in [9.17, 15) is 0 Å². The lowest BCUT2D eigenvalue weighted by Crippen LogP contribution is -2.00. The molecule has 0 spiro atoms. The minimum Gasteiger partial charge on any atom is -0.456 e. The fourth-order valence-electron chi connectivity index (χ4n) is 9.76. The number of para-hydroxylation sites is 3. The van der Waals surface area contributed by atoms with Crippen LogP contribution in [-0.2, 0) is 0 Å². The maximum absolute atomic E-state index is 6.64. The van der Waals surface area contributed by atoms with Crippen LogP contribution in [0.1, 0.15) is 0 Å². The van der Waals surface area contributed by atoms with Crippen molar-refractivity contribution < 1.29 is 4.42 Å². The predicted molar refractivity (Wildman–Crippen MR) is 269 cm³/mol. The van der Waals surface area contributed by atoms with Crippen LogP contribution < -0.4 is 0 Å². The van der Waals surface area contributed by atoms with Gasteiger partial charge in [-0.1, -0.05) is 133 Å². The summed E-state index contributed by atoms with van der Waals surface area (Å²) < 4.78 is 14.0. The van der Waals surface area contributed by atoms with Crippen molar-refractivity contribution in [2.75, 3.05) is 0 Å². The molecule has 0 amide bonds. The second-order valence-corrected chi connectivity index (χ2v) is 18.5. The van der Waals surface area contributed by atoms with E-state index in [4.69, 9.17) is 19.4 Å². The summed E-state index contributed by atoms with van der Waals surface area (Å²) in [5.41, 5.74) is 10.1. The maximum Gasteiger partial charge on any atom is 0.164 e. The van der Waals surface area contributed by atoms with Crippen molar-refractivity contribution in [1.29, 1.82) is 0 Å². The second-order valence-electron chi connectivity index (χ2n) is 16.3. The van der Waals surface area contributed by atoms with Gasteiger partial charge >= 0.3 is 0 Å². The molecular formula is C57H32N4OS2. The Hall–Kier alpha value is -7.97. The van der Waals surface area contributed by atoms with Gasteiger partial charge in [-0.3, -0.25) is 0 Å². The second kappa shape index (κ2) is 13.8. The number of benzene rings is 9. The average molecular weight is 853 g/mol. The average Bonchev–Trinajstić information content (AvgIpc) is 4.12. The SMILES string of the molecule is c1ccc(-n2c3ccccc3c3cccc(-c4ccc5oc6cccc(-c7nc(-c8ccc9c(c8)sc8ccccc89)nc(-c8ccc9c(c8)sc8ccccc89)n7)c6c5c4)c32)cc1. The van der Waals surface area contributed by atoms with E-state index in [-0.39, 0.29) is 0 Å². The molecule has 0 saturated heterocycles. The van der Waals surface area contributed by atoms with Crippen LogP contribution in [0.4, 0.5) is 0 Å². The molecule has 0 aliphatic carbocycles. The van der Waals surface area contributed by atoms with E-state index in [0.717, 1.165) is 55.4 Å². The Morgan fingerprint density at radius 2 is 0.922 bits per heavy atom. The van der Waals surface area contributed by atoms with Crippen molar-refractivity contribution >= 4 is 107 Å². The minimum absolute atomic E-state index is 0.595. The summed E-state index contributed by atoms with van der Waals surface area (Å²) in [7, 11) is 0. The van der Waals surface area contributed by atoms with E-state index < -0.39 is 0 Å². The Bertz CT molecular complexity index is 4080. The summed E-state index contributed by atoms with van der Waals surface area (Å²) in [6.07, 6.45) is 0. The minimum atomic E-state index is 0.595. The maximum atomic E-state index is 6.64. The highest BCUT2D eigenvalue weighted by molar-refractivity contribution is 7.26. The highest BCUT2D eigenvalue weighted by Crippen LogP contribution is 2.43. The Morgan fingerprint density at radius 1 is 0.359 bits per heavy atom. The third kappa shape index (κ3) is 5.38. The third-order valence-corrected chi connectivity index (χ3v) is 14.9. The molecule has 9 aromatic carbocycles. The van der Waals surface area contributed by atoms with Crippen LogP contribution in [0.25, 0.3) is 135 Å². The Labute approximate surface area is 373 Å². The Balaban J connectivity index is 0.991. The molecule has 0 fully saturated rings. The highest BCUT2D eigenvalue weighted by Gasteiger charge is 2.21. The molecule has 5 aromatic heterocycles. The molecule has 0 bridgehead atoms. The summed E-state index contributed by atoms with van der Waals surface area (Å²) in [4.78, 5) is 15.9. The molecular weight excluding hydrogens is 821 g/mol. The molecule has 298 valence electrons. The molecule has 14 aromatic rings. The van der Waals surface area contributed by atoms with Gasteiger partial charge in [0.2, 0.25) is 0 Å². The lowest BCUT2D eigenvalue weighted by molar-refractivity contribution is 0.669. The van der Waals surface area contributed by atoms with Crippen LogP contribution in [0, 0.1) is 0 Å². The molecule has 5 nitrogen and oxygen atoms in total.